The fraction of sp³-hybridized carbons (Fsp3) is 0.308. The molecule has 0 bridgehead atoms. The number of methoxy groups -OCH3 is 2. The van der Waals surface area contributed by atoms with E-state index in [1.807, 2.05) is 0 Å². The quantitative estimate of drug-likeness (QED) is 0.267. The van der Waals surface area contributed by atoms with Crippen LogP contribution in [0.4, 0.5) is 0 Å². The van der Waals surface area contributed by atoms with E-state index in [2.05, 4.69) is 14.9 Å². The van der Waals surface area contributed by atoms with Gasteiger partial charge < -0.3 is 14.3 Å². The van der Waals surface area contributed by atoms with E-state index in [0.717, 1.165) is 5.71 Å². The summed E-state index contributed by atoms with van der Waals surface area (Å²) in [5, 5.41) is 3.84. The summed E-state index contributed by atoms with van der Waals surface area (Å²) >= 11 is 0. The SMILES string of the molecule is CO/C=C(/C(=O)OC)c1ncccc1ON=C(C)C. The zero-order valence-electron chi connectivity index (χ0n) is 11.3. The number of esters is 1. The van der Waals surface area contributed by atoms with Crippen LogP contribution in [0, 0.1) is 0 Å². The summed E-state index contributed by atoms with van der Waals surface area (Å²) < 4.78 is 9.55. The van der Waals surface area contributed by atoms with Gasteiger partial charge in [-0.2, -0.15) is 0 Å². The number of oxime groups is 1. The molecule has 0 atom stereocenters. The van der Waals surface area contributed by atoms with E-state index in [1.165, 1.54) is 26.7 Å². The molecule has 6 nitrogen and oxygen atoms in total. The first-order valence-electron chi connectivity index (χ1n) is 5.55. The van der Waals surface area contributed by atoms with Crippen LogP contribution in [0.3, 0.4) is 0 Å². The number of rotatable bonds is 5. The number of hydrogen-bond donors (Lipinski definition) is 0. The Bertz CT molecular complexity index is 505. The lowest BCUT2D eigenvalue weighted by Gasteiger charge is -2.08. The Hall–Kier alpha value is -2.37. The summed E-state index contributed by atoms with van der Waals surface area (Å²) in [6.07, 6.45) is 2.79. The van der Waals surface area contributed by atoms with Crippen LogP contribution in [0.25, 0.3) is 5.57 Å². The van der Waals surface area contributed by atoms with Crippen molar-refractivity contribution in [3.63, 3.8) is 0 Å². The fourth-order valence-corrected chi connectivity index (χ4v) is 1.24. The molecule has 1 heterocycles. The number of carbonyl (C=O) groups is 1. The third kappa shape index (κ3) is 4.09. The van der Waals surface area contributed by atoms with Gasteiger partial charge in [0.15, 0.2) is 5.75 Å². The van der Waals surface area contributed by atoms with Crippen LogP contribution in [0.1, 0.15) is 19.5 Å². The van der Waals surface area contributed by atoms with Gasteiger partial charge in [-0.15, -0.1) is 0 Å². The molecule has 0 aliphatic carbocycles. The maximum atomic E-state index is 11.7. The molecule has 0 N–H and O–H groups in total. The molecule has 1 aromatic heterocycles. The summed E-state index contributed by atoms with van der Waals surface area (Å²) in [5.41, 5.74) is 1.20. The van der Waals surface area contributed by atoms with Gasteiger partial charge in [0, 0.05) is 6.20 Å². The maximum absolute atomic E-state index is 11.7. The molecular weight excluding hydrogens is 248 g/mol. The third-order valence-electron chi connectivity index (χ3n) is 1.99. The van der Waals surface area contributed by atoms with Gasteiger partial charge in [0.25, 0.3) is 0 Å². The second-order valence-electron chi connectivity index (χ2n) is 3.74. The number of hydrogen-bond acceptors (Lipinski definition) is 6. The lowest BCUT2D eigenvalue weighted by Crippen LogP contribution is -2.07. The predicted octanol–water partition coefficient (Wildman–Crippen LogP) is 2.02. The Labute approximate surface area is 111 Å². The van der Waals surface area contributed by atoms with E-state index >= 15 is 0 Å². The highest BCUT2D eigenvalue weighted by Crippen LogP contribution is 2.24. The van der Waals surface area contributed by atoms with Gasteiger partial charge in [-0.25, -0.2) is 4.79 Å². The average Bonchev–Trinajstić information content (AvgIpc) is 2.42. The van der Waals surface area contributed by atoms with Gasteiger partial charge in [0.05, 0.1) is 26.2 Å². The third-order valence-corrected chi connectivity index (χ3v) is 1.99. The molecule has 0 saturated heterocycles. The second kappa shape index (κ2) is 7.15. The number of nitrogens with zero attached hydrogens (tertiary/aromatic N) is 2. The molecule has 0 fully saturated rings. The first-order chi connectivity index (χ1) is 9.10. The highest BCUT2D eigenvalue weighted by atomic mass is 16.6. The minimum atomic E-state index is -0.567. The van der Waals surface area contributed by atoms with E-state index in [0.29, 0.717) is 11.4 Å². The smallest absolute Gasteiger partial charge is 0.343 e. The number of pyridine rings is 1. The van der Waals surface area contributed by atoms with Crippen molar-refractivity contribution in [2.75, 3.05) is 14.2 Å². The molecule has 1 aromatic rings. The van der Waals surface area contributed by atoms with Gasteiger partial charge in [-0.3, -0.25) is 4.98 Å². The van der Waals surface area contributed by atoms with Gasteiger partial charge in [0.2, 0.25) is 0 Å². The summed E-state index contributed by atoms with van der Waals surface area (Å²) in [4.78, 5) is 21.0. The maximum Gasteiger partial charge on any atom is 0.343 e. The first kappa shape index (κ1) is 14.7. The molecule has 102 valence electrons. The fourth-order valence-electron chi connectivity index (χ4n) is 1.24. The summed E-state index contributed by atoms with van der Waals surface area (Å²) in [7, 11) is 2.71. The molecule has 19 heavy (non-hydrogen) atoms. The van der Waals surface area contributed by atoms with Crippen LogP contribution in [0.2, 0.25) is 0 Å². The standard InChI is InChI=1S/C13H16N2O4/c1-9(2)15-19-11-6-5-7-14-12(11)10(8-17-3)13(16)18-4/h5-8H,1-4H3/b10-8+. The average molecular weight is 264 g/mol. The highest BCUT2D eigenvalue weighted by molar-refractivity contribution is 6.16. The van der Waals surface area contributed by atoms with Crippen molar-refractivity contribution in [2.24, 2.45) is 5.16 Å². The van der Waals surface area contributed by atoms with Crippen molar-refractivity contribution in [2.45, 2.75) is 13.8 Å². The summed E-state index contributed by atoms with van der Waals surface area (Å²) in [6, 6.07) is 3.34. The predicted molar refractivity (Wildman–Crippen MR) is 70.7 cm³/mol. The van der Waals surface area contributed by atoms with Gasteiger partial charge in [0.1, 0.15) is 11.3 Å². The Morgan fingerprint density at radius 2 is 2.11 bits per heavy atom. The number of carbonyl (C=O) groups excluding carboxylic acids is 1. The lowest BCUT2D eigenvalue weighted by molar-refractivity contribution is -0.133. The number of ether oxygens (including phenoxy) is 2. The lowest BCUT2D eigenvalue weighted by atomic mass is 10.2. The Morgan fingerprint density at radius 3 is 2.68 bits per heavy atom. The zero-order chi connectivity index (χ0) is 14.3. The minimum absolute atomic E-state index is 0.157. The largest absolute Gasteiger partial charge is 0.503 e. The summed E-state index contributed by atoms with van der Waals surface area (Å²) in [5.74, 6) is -0.222. The molecule has 1 rings (SSSR count). The van der Waals surface area contributed by atoms with Crippen molar-refractivity contribution in [3.8, 4) is 5.75 Å². The van der Waals surface area contributed by atoms with Crippen molar-refractivity contribution in [1.82, 2.24) is 4.98 Å². The minimum Gasteiger partial charge on any atom is -0.503 e. The topological polar surface area (TPSA) is 70.0 Å². The zero-order valence-corrected chi connectivity index (χ0v) is 11.3. The van der Waals surface area contributed by atoms with Crippen molar-refractivity contribution < 1.29 is 19.1 Å². The second-order valence-corrected chi connectivity index (χ2v) is 3.74. The monoisotopic (exact) mass is 264 g/mol. The van der Waals surface area contributed by atoms with E-state index in [4.69, 9.17) is 9.57 Å². The van der Waals surface area contributed by atoms with Crippen LogP contribution in [-0.4, -0.2) is 30.9 Å². The van der Waals surface area contributed by atoms with Gasteiger partial charge in [-0.05, 0) is 26.0 Å². The van der Waals surface area contributed by atoms with E-state index in [9.17, 15) is 4.79 Å². The van der Waals surface area contributed by atoms with E-state index in [1.54, 1.807) is 26.0 Å². The van der Waals surface area contributed by atoms with Gasteiger partial charge in [-0.1, -0.05) is 5.16 Å². The molecule has 0 aromatic carbocycles. The van der Waals surface area contributed by atoms with Crippen molar-refractivity contribution in [1.29, 1.82) is 0 Å². The Balaban J connectivity index is 3.20. The molecular formula is C13H16N2O4. The molecule has 0 amide bonds. The molecule has 6 heteroatoms. The van der Waals surface area contributed by atoms with E-state index in [-0.39, 0.29) is 5.57 Å². The normalized spacial score (nSPS) is 10.6. The van der Waals surface area contributed by atoms with Crippen molar-refractivity contribution in [3.05, 3.63) is 30.3 Å². The number of aromatic nitrogens is 1. The molecule has 0 radical (unpaired) electrons. The summed E-state index contributed by atoms with van der Waals surface area (Å²) in [6.45, 7) is 3.59. The van der Waals surface area contributed by atoms with Gasteiger partial charge >= 0.3 is 5.97 Å². The van der Waals surface area contributed by atoms with Crippen LogP contribution in [-0.2, 0) is 14.3 Å². The Kier molecular flexibility index (Phi) is 5.53. The molecule has 0 aliphatic rings. The van der Waals surface area contributed by atoms with Crippen LogP contribution >= 0.6 is 0 Å². The van der Waals surface area contributed by atoms with Crippen LogP contribution in [0.15, 0.2) is 29.7 Å². The van der Waals surface area contributed by atoms with Crippen molar-refractivity contribution >= 4 is 17.3 Å². The molecule has 0 unspecified atom stereocenters. The van der Waals surface area contributed by atoms with Crippen LogP contribution in [0.5, 0.6) is 5.75 Å². The molecule has 0 saturated carbocycles. The Morgan fingerprint density at radius 1 is 1.37 bits per heavy atom. The molecule has 0 aliphatic heterocycles. The van der Waals surface area contributed by atoms with E-state index < -0.39 is 5.97 Å². The van der Waals surface area contributed by atoms with Crippen LogP contribution < -0.4 is 4.84 Å². The molecule has 0 spiro atoms. The highest BCUT2D eigenvalue weighted by Gasteiger charge is 2.19. The first-order valence-corrected chi connectivity index (χ1v) is 5.55.